The van der Waals surface area contributed by atoms with Gasteiger partial charge in [0.15, 0.2) is 11.4 Å². The molecule has 0 unspecified atom stereocenters. The minimum Gasteiger partial charge on any atom is -0.497 e. The average molecular weight is 573 g/mol. The molecule has 0 saturated carbocycles. The van der Waals surface area contributed by atoms with Crippen LogP contribution in [0.15, 0.2) is 77.3 Å². The summed E-state index contributed by atoms with van der Waals surface area (Å²) in [6, 6.07) is 21.8. The van der Waals surface area contributed by atoms with Gasteiger partial charge in [-0.25, -0.2) is 0 Å². The summed E-state index contributed by atoms with van der Waals surface area (Å²) in [6.07, 6.45) is 4.36. The maximum Gasteiger partial charge on any atom is 0.178 e. The van der Waals surface area contributed by atoms with Crippen LogP contribution in [0.2, 0.25) is 0 Å². The van der Waals surface area contributed by atoms with Crippen LogP contribution >= 0.6 is 15.9 Å². The Hall–Kier alpha value is -3.61. The van der Waals surface area contributed by atoms with Crippen molar-refractivity contribution in [1.29, 1.82) is 0 Å². The van der Waals surface area contributed by atoms with Crippen molar-refractivity contribution in [3.8, 4) is 17.2 Å². The predicted octanol–water partition coefficient (Wildman–Crippen LogP) is 7.50. The highest BCUT2D eigenvalue weighted by atomic mass is 79.9. The van der Waals surface area contributed by atoms with E-state index in [2.05, 4.69) is 15.9 Å². The molecule has 1 aliphatic rings. The lowest BCUT2D eigenvalue weighted by molar-refractivity contribution is 0.0930. The molecule has 5 rings (SSSR count). The molecular formula is C32H29BrO5. The van der Waals surface area contributed by atoms with E-state index in [9.17, 15) is 4.79 Å². The van der Waals surface area contributed by atoms with Crippen molar-refractivity contribution >= 4 is 38.6 Å². The Morgan fingerprint density at radius 1 is 0.868 bits per heavy atom. The van der Waals surface area contributed by atoms with Crippen LogP contribution in [0.25, 0.3) is 16.8 Å². The zero-order valence-corrected chi connectivity index (χ0v) is 23.4. The van der Waals surface area contributed by atoms with Crippen LogP contribution in [0.4, 0.5) is 0 Å². The van der Waals surface area contributed by atoms with Crippen molar-refractivity contribution in [1.82, 2.24) is 0 Å². The second-order valence-corrected chi connectivity index (χ2v) is 10.1. The fourth-order valence-corrected chi connectivity index (χ4v) is 5.48. The summed E-state index contributed by atoms with van der Waals surface area (Å²) in [5.41, 5.74) is 3.31. The first-order valence-electron chi connectivity index (χ1n) is 12.4. The highest BCUT2D eigenvalue weighted by Gasteiger charge is 2.39. The Morgan fingerprint density at radius 3 is 2.03 bits per heavy atom. The van der Waals surface area contributed by atoms with Crippen LogP contribution in [0.3, 0.4) is 0 Å². The van der Waals surface area contributed by atoms with E-state index in [1.165, 1.54) is 0 Å². The number of carbonyl (C=O) groups is 1. The molecular weight excluding hydrogens is 544 g/mol. The summed E-state index contributed by atoms with van der Waals surface area (Å²) < 4.78 is 24.0. The molecule has 38 heavy (non-hydrogen) atoms. The van der Waals surface area contributed by atoms with E-state index < -0.39 is 5.60 Å². The zero-order valence-electron chi connectivity index (χ0n) is 21.8. The third-order valence-corrected chi connectivity index (χ3v) is 7.61. The van der Waals surface area contributed by atoms with Gasteiger partial charge in [0.05, 0.1) is 20.8 Å². The quantitative estimate of drug-likeness (QED) is 0.205. The Morgan fingerprint density at radius 2 is 1.47 bits per heavy atom. The smallest absolute Gasteiger partial charge is 0.178 e. The molecule has 0 spiro atoms. The summed E-state index contributed by atoms with van der Waals surface area (Å²) in [5.74, 6) is 2.22. The van der Waals surface area contributed by atoms with Gasteiger partial charge in [-0.1, -0.05) is 40.2 Å². The standard InChI is InChI=1S/C32H29BrO5/c1-20-28-19-23(33)9-14-26(28)31-27(30(20)29(34)16-18-35-2)15-17-32(38-31,21-5-10-24(36-3)11-6-21)22-7-12-25(37-4)13-8-22/h5-15,17,19H,16,18H2,1-4H3. The number of ether oxygens (including phenoxy) is 4. The first-order chi connectivity index (χ1) is 18.4. The molecule has 0 fully saturated rings. The zero-order chi connectivity index (χ0) is 26.9. The average Bonchev–Trinajstić information content (AvgIpc) is 2.96. The monoisotopic (exact) mass is 572 g/mol. The number of aryl methyl sites for hydroxylation is 1. The van der Waals surface area contributed by atoms with Crippen molar-refractivity contribution < 1.29 is 23.7 Å². The normalized spacial score (nSPS) is 13.6. The number of hydrogen-bond donors (Lipinski definition) is 0. The van der Waals surface area contributed by atoms with E-state index in [1.54, 1.807) is 21.3 Å². The molecule has 0 aromatic heterocycles. The Balaban J connectivity index is 1.78. The molecule has 0 aliphatic carbocycles. The van der Waals surface area contributed by atoms with Gasteiger partial charge in [0.2, 0.25) is 0 Å². The molecule has 194 valence electrons. The summed E-state index contributed by atoms with van der Waals surface area (Å²) in [4.78, 5) is 13.5. The Kier molecular flexibility index (Phi) is 7.28. The van der Waals surface area contributed by atoms with E-state index in [0.29, 0.717) is 24.3 Å². The molecule has 0 radical (unpaired) electrons. The summed E-state index contributed by atoms with van der Waals surface area (Å²) in [5, 5.41) is 1.91. The van der Waals surface area contributed by atoms with Gasteiger partial charge in [0.25, 0.3) is 0 Å². The third-order valence-electron chi connectivity index (χ3n) is 7.12. The molecule has 4 aromatic rings. The topological polar surface area (TPSA) is 54.0 Å². The number of benzene rings is 4. The third kappa shape index (κ3) is 4.48. The van der Waals surface area contributed by atoms with Crippen molar-refractivity contribution in [3.63, 3.8) is 0 Å². The molecule has 4 aromatic carbocycles. The molecule has 0 amide bonds. The number of fused-ring (bicyclic) bond motifs is 3. The van der Waals surface area contributed by atoms with Gasteiger partial charge in [0, 0.05) is 45.6 Å². The number of ketones is 1. The lowest BCUT2D eigenvalue weighted by atomic mass is 9.81. The molecule has 5 nitrogen and oxygen atoms in total. The van der Waals surface area contributed by atoms with Gasteiger partial charge in [-0.2, -0.15) is 0 Å². The molecule has 0 saturated heterocycles. The van der Waals surface area contributed by atoms with Gasteiger partial charge >= 0.3 is 0 Å². The summed E-state index contributed by atoms with van der Waals surface area (Å²) in [6.45, 7) is 2.35. The van der Waals surface area contributed by atoms with Crippen molar-refractivity contribution in [2.24, 2.45) is 0 Å². The van der Waals surface area contributed by atoms with Gasteiger partial charge < -0.3 is 18.9 Å². The van der Waals surface area contributed by atoms with Crippen molar-refractivity contribution in [3.05, 3.63) is 105 Å². The predicted molar refractivity (Wildman–Crippen MR) is 154 cm³/mol. The van der Waals surface area contributed by atoms with E-state index in [1.807, 2.05) is 85.8 Å². The highest BCUT2D eigenvalue weighted by Crippen LogP contribution is 2.48. The Bertz CT molecular complexity index is 1470. The number of hydrogen-bond acceptors (Lipinski definition) is 5. The van der Waals surface area contributed by atoms with Crippen LogP contribution in [0, 0.1) is 6.92 Å². The van der Waals surface area contributed by atoms with Gasteiger partial charge in [-0.15, -0.1) is 0 Å². The molecule has 1 aliphatic heterocycles. The Labute approximate surface area is 231 Å². The van der Waals surface area contributed by atoms with Crippen LogP contribution in [0.1, 0.15) is 39.0 Å². The second-order valence-electron chi connectivity index (χ2n) is 9.23. The first-order valence-corrected chi connectivity index (χ1v) is 13.2. The summed E-state index contributed by atoms with van der Waals surface area (Å²) in [7, 11) is 4.90. The molecule has 0 bridgehead atoms. The van der Waals surface area contributed by atoms with Crippen LogP contribution in [-0.4, -0.2) is 33.7 Å². The minimum atomic E-state index is -0.937. The summed E-state index contributed by atoms with van der Waals surface area (Å²) >= 11 is 3.61. The number of rotatable bonds is 8. The largest absolute Gasteiger partial charge is 0.497 e. The highest BCUT2D eigenvalue weighted by molar-refractivity contribution is 9.10. The minimum absolute atomic E-state index is 0.0251. The number of Topliss-reactive ketones (excluding diaryl/α,β-unsaturated/α-hetero) is 1. The van der Waals surface area contributed by atoms with Gasteiger partial charge in [-0.05, 0) is 72.5 Å². The SMILES string of the molecule is COCCC(=O)c1c2c(c3ccc(Br)cc3c1C)OC(c1ccc(OC)cc1)(c1ccc(OC)cc1)C=C2. The molecule has 1 heterocycles. The van der Waals surface area contributed by atoms with Gasteiger partial charge in [0.1, 0.15) is 17.2 Å². The van der Waals surface area contributed by atoms with Crippen LogP contribution < -0.4 is 14.2 Å². The number of methoxy groups -OCH3 is 3. The van der Waals surface area contributed by atoms with E-state index in [0.717, 1.165) is 49.0 Å². The number of halogens is 1. The van der Waals surface area contributed by atoms with Crippen LogP contribution in [0.5, 0.6) is 17.2 Å². The fraction of sp³-hybridized carbons (Fsp3) is 0.219. The fourth-order valence-electron chi connectivity index (χ4n) is 5.12. The van der Waals surface area contributed by atoms with E-state index in [4.69, 9.17) is 18.9 Å². The lowest BCUT2D eigenvalue weighted by Crippen LogP contribution is -2.34. The van der Waals surface area contributed by atoms with Gasteiger partial charge in [-0.3, -0.25) is 4.79 Å². The van der Waals surface area contributed by atoms with E-state index >= 15 is 0 Å². The molecule has 0 atom stereocenters. The molecule has 0 N–H and O–H groups in total. The maximum absolute atomic E-state index is 13.5. The van der Waals surface area contributed by atoms with Crippen molar-refractivity contribution in [2.75, 3.05) is 27.9 Å². The second kappa shape index (κ2) is 10.6. The van der Waals surface area contributed by atoms with E-state index in [-0.39, 0.29) is 5.78 Å². The molecule has 6 heteroatoms. The lowest BCUT2D eigenvalue weighted by Gasteiger charge is -2.37. The van der Waals surface area contributed by atoms with Crippen molar-refractivity contribution in [2.45, 2.75) is 18.9 Å². The number of carbonyl (C=O) groups excluding carboxylic acids is 1. The van der Waals surface area contributed by atoms with Crippen LogP contribution in [-0.2, 0) is 10.3 Å². The first kappa shape index (κ1) is 26.0. The maximum atomic E-state index is 13.5.